The minimum absolute atomic E-state index is 0.107. The number of aliphatic hydroxyl groups is 1. The molecular formula is C22H49O6PS. The van der Waals surface area contributed by atoms with Gasteiger partial charge < -0.3 is 24.5 Å². The molecule has 0 aliphatic carbocycles. The zero-order valence-electron chi connectivity index (χ0n) is 19.7. The fourth-order valence-electron chi connectivity index (χ4n) is 3.03. The first-order chi connectivity index (χ1) is 14.2. The summed E-state index contributed by atoms with van der Waals surface area (Å²) in [7, 11) is -2.95. The molecule has 0 heterocycles. The van der Waals surface area contributed by atoms with Crippen LogP contribution < -0.4 is 0 Å². The molecule has 30 heavy (non-hydrogen) atoms. The van der Waals surface area contributed by atoms with Crippen LogP contribution in [0.2, 0.25) is 0 Å². The van der Waals surface area contributed by atoms with E-state index in [0.717, 1.165) is 5.75 Å². The summed E-state index contributed by atoms with van der Waals surface area (Å²) < 4.78 is 14.2. The molecule has 0 aliphatic heterocycles. The van der Waals surface area contributed by atoms with Crippen LogP contribution in [-0.2, 0) is 9.30 Å². The molecule has 184 valence electrons. The first-order valence-electron chi connectivity index (χ1n) is 11.7. The topological polar surface area (TPSA) is 107 Å². The van der Waals surface area contributed by atoms with Gasteiger partial charge in [0.25, 0.3) is 0 Å². The molecule has 0 amide bonds. The number of hydrogen-bond acceptors (Lipinski definition) is 4. The van der Waals surface area contributed by atoms with Crippen molar-refractivity contribution in [3.63, 3.8) is 0 Å². The lowest BCUT2D eigenvalue weighted by atomic mass is 10.0. The molecule has 0 radical (unpaired) electrons. The van der Waals surface area contributed by atoms with Gasteiger partial charge in [0.2, 0.25) is 0 Å². The Balaban J connectivity index is 0. The smallest absolute Gasteiger partial charge is 0.393 e. The Labute approximate surface area is 189 Å². The van der Waals surface area contributed by atoms with Crippen molar-refractivity contribution in [1.29, 1.82) is 0 Å². The Kier molecular flexibility index (Phi) is 24.5. The van der Waals surface area contributed by atoms with Gasteiger partial charge in [-0.15, -0.1) is 0 Å². The molecule has 0 rings (SSSR count). The summed E-state index contributed by atoms with van der Waals surface area (Å²) in [5, 5.41) is 9.28. The lowest BCUT2D eigenvalue weighted by Gasteiger charge is -2.24. The van der Waals surface area contributed by atoms with Crippen LogP contribution in [0.15, 0.2) is 0 Å². The van der Waals surface area contributed by atoms with Crippen LogP contribution in [0.25, 0.3) is 0 Å². The molecule has 0 spiro atoms. The highest BCUT2D eigenvalue weighted by molar-refractivity contribution is 7.99. The molecule has 0 saturated heterocycles. The normalized spacial score (nSPS) is 13.6. The molecule has 4 N–H and O–H groups in total. The van der Waals surface area contributed by atoms with E-state index in [9.17, 15) is 5.11 Å². The van der Waals surface area contributed by atoms with Crippen LogP contribution in [0.1, 0.15) is 110 Å². The van der Waals surface area contributed by atoms with Gasteiger partial charge in [-0.25, -0.2) is 4.57 Å². The van der Waals surface area contributed by atoms with Gasteiger partial charge in [-0.3, -0.25) is 0 Å². The largest absolute Gasteiger partial charge is 0.466 e. The number of ether oxygens (including phenoxy) is 1. The van der Waals surface area contributed by atoms with Gasteiger partial charge in [-0.1, -0.05) is 96.8 Å². The summed E-state index contributed by atoms with van der Waals surface area (Å²) in [5.41, 5.74) is -0.361. The van der Waals surface area contributed by atoms with Crippen molar-refractivity contribution in [2.75, 3.05) is 25.2 Å². The summed E-state index contributed by atoms with van der Waals surface area (Å²) in [6.45, 7) is 4.37. The third-order valence-electron chi connectivity index (χ3n) is 5.13. The van der Waals surface area contributed by atoms with Crippen LogP contribution in [0, 0.1) is 0 Å². The highest BCUT2D eigenvalue weighted by Crippen LogP contribution is 2.25. The minimum atomic E-state index is -4.64. The van der Waals surface area contributed by atoms with Gasteiger partial charge in [0.05, 0.1) is 12.2 Å². The predicted octanol–water partition coefficient (Wildman–Crippen LogP) is 6.06. The number of rotatable bonds is 20. The van der Waals surface area contributed by atoms with Crippen LogP contribution >= 0.6 is 19.6 Å². The van der Waals surface area contributed by atoms with E-state index < -0.39 is 7.82 Å². The van der Waals surface area contributed by atoms with Crippen molar-refractivity contribution in [3.8, 4) is 0 Å². The standard InChI is InChI=1S/C22H46O2S.H3O4P/c1-4-5-6-7-8-9-10-11-12-13-14-15-16-17-18-19-25-21-22(2,20-23)24-3;1-5(2,3)4/h23H,4-21H2,1-3H3;(H3,1,2,3,4). The Morgan fingerprint density at radius 1 is 0.767 bits per heavy atom. The molecule has 0 aromatic rings. The molecule has 0 aliphatic rings. The van der Waals surface area contributed by atoms with Crippen molar-refractivity contribution in [1.82, 2.24) is 0 Å². The van der Waals surface area contributed by atoms with E-state index in [4.69, 9.17) is 24.0 Å². The molecule has 0 aromatic heterocycles. The third kappa shape index (κ3) is 30.6. The van der Waals surface area contributed by atoms with E-state index in [1.165, 1.54) is 102 Å². The average molecular weight is 473 g/mol. The predicted molar refractivity (Wildman–Crippen MR) is 129 cm³/mol. The Morgan fingerprint density at radius 3 is 1.40 bits per heavy atom. The number of hydrogen-bond donors (Lipinski definition) is 4. The lowest BCUT2D eigenvalue weighted by molar-refractivity contribution is -0.0187. The monoisotopic (exact) mass is 472 g/mol. The Bertz CT molecular complexity index is 380. The second-order valence-corrected chi connectivity index (χ2v) is 10.5. The minimum Gasteiger partial charge on any atom is -0.393 e. The van der Waals surface area contributed by atoms with Crippen molar-refractivity contribution >= 4 is 19.6 Å². The fourth-order valence-corrected chi connectivity index (χ4v) is 4.23. The molecule has 6 nitrogen and oxygen atoms in total. The summed E-state index contributed by atoms with van der Waals surface area (Å²) in [6.07, 6.45) is 21.3. The zero-order valence-corrected chi connectivity index (χ0v) is 21.4. The number of methoxy groups -OCH3 is 1. The number of phosphoric acid groups is 1. The van der Waals surface area contributed by atoms with Gasteiger partial charge in [0, 0.05) is 12.9 Å². The van der Waals surface area contributed by atoms with Crippen molar-refractivity contribution in [3.05, 3.63) is 0 Å². The van der Waals surface area contributed by atoms with Crippen molar-refractivity contribution in [2.24, 2.45) is 0 Å². The Hall–Kier alpha value is 0.380. The van der Waals surface area contributed by atoms with Gasteiger partial charge in [-0.2, -0.15) is 11.8 Å². The Morgan fingerprint density at radius 2 is 1.10 bits per heavy atom. The molecule has 8 heteroatoms. The van der Waals surface area contributed by atoms with Gasteiger partial charge in [0.15, 0.2) is 0 Å². The number of thioether (sulfide) groups is 1. The van der Waals surface area contributed by atoms with Crippen LogP contribution in [0.4, 0.5) is 0 Å². The lowest BCUT2D eigenvalue weighted by Crippen LogP contribution is -2.34. The quantitative estimate of drug-likeness (QED) is 0.126. The van der Waals surface area contributed by atoms with Crippen molar-refractivity contribution in [2.45, 2.75) is 116 Å². The maximum absolute atomic E-state index is 9.28. The first-order valence-corrected chi connectivity index (χ1v) is 14.4. The SMILES string of the molecule is CCCCCCCCCCCCCCCCCSCC(C)(CO)OC.O=P(O)(O)O. The summed E-state index contributed by atoms with van der Waals surface area (Å²) in [6, 6.07) is 0. The maximum atomic E-state index is 9.28. The maximum Gasteiger partial charge on any atom is 0.466 e. The number of aliphatic hydroxyl groups excluding tert-OH is 1. The average Bonchev–Trinajstić information content (AvgIpc) is 2.69. The summed E-state index contributed by atoms with van der Waals surface area (Å²) in [4.78, 5) is 21.6. The van der Waals surface area contributed by atoms with Gasteiger partial charge >= 0.3 is 7.82 Å². The van der Waals surface area contributed by atoms with Crippen LogP contribution in [-0.4, -0.2) is 50.6 Å². The molecule has 1 atom stereocenters. The van der Waals surface area contributed by atoms with E-state index in [1.54, 1.807) is 7.11 Å². The van der Waals surface area contributed by atoms with E-state index in [2.05, 4.69) is 6.92 Å². The van der Waals surface area contributed by atoms with E-state index in [0.29, 0.717) is 0 Å². The second-order valence-electron chi connectivity index (χ2n) is 8.33. The van der Waals surface area contributed by atoms with Crippen LogP contribution in [0.3, 0.4) is 0 Å². The van der Waals surface area contributed by atoms with Gasteiger partial charge in [-0.05, 0) is 19.1 Å². The summed E-state index contributed by atoms with van der Waals surface area (Å²) in [5.74, 6) is 2.08. The number of unbranched alkanes of at least 4 members (excludes halogenated alkanes) is 14. The molecule has 0 aromatic carbocycles. The molecule has 1 unspecified atom stereocenters. The van der Waals surface area contributed by atoms with Crippen LogP contribution in [0.5, 0.6) is 0 Å². The third-order valence-corrected chi connectivity index (χ3v) is 6.52. The van der Waals surface area contributed by atoms with E-state index in [-0.39, 0.29) is 12.2 Å². The highest BCUT2D eigenvalue weighted by Gasteiger charge is 2.21. The molecular weight excluding hydrogens is 423 g/mol. The summed E-state index contributed by atoms with van der Waals surface area (Å²) >= 11 is 1.91. The molecule has 0 fully saturated rings. The van der Waals surface area contributed by atoms with E-state index in [1.807, 2.05) is 18.7 Å². The van der Waals surface area contributed by atoms with E-state index >= 15 is 0 Å². The first kappa shape index (κ1) is 32.6. The highest BCUT2D eigenvalue weighted by atomic mass is 32.2. The second kappa shape index (κ2) is 22.6. The van der Waals surface area contributed by atoms with Gasteiger partial charge in [0.1, 0.15) is 0 Å². The molecule has 0 saturated carbocycles. The van der Waals surface area contributed by atoms with Crippen molar-refractivity contribution < 1.29 is 29.1 Å². The molecule has 0 bridgehead atoms. The zero-order chi connectivity index (χ0) is 23.1. The fraction of sp³-hybridized carbons (Fsp3) is 1.00.